The molecule has 0 spiro atoms. The van der Waals surface area contributed by atoms with Crippen LogP contribution in [-0.2, 0) is 33.2 Å². The predicted octanol–water partition coefficient (Wildman–Crippen LogP) is 1.01. The Morgan fingerprint density at radius 1 is 0.943 bits per heavy atom. The van der Waals surface area contributed by atoms with Crippen molar-refractivity contribution in [1.29, 1.82) is 0 Å². The minimum Gasteiger partial charge on any atom is -0.475 e. The standard InChI is InChI=1S/C10H15N3O3.C6H8N2O2.C4H9NO2.CH4.ClH/c1-7-6-13(2)9(12-7)10(15)11-5-4-8(14)16-3;1-4-3-8(2)5(7-4)6(9)10;1-7-4(6)2-3-5;;/h6H,4-5H2,1-3H3,(H,11,15);3H,1-2H3,(H,9,10);2-3,5H2,1H3;1H4;1H. The fourth-order valence-corrected chi connectivity index (χ4v) is 2.32. The normalized spacial score (nSPS) is 9.00. The third-order valence-electron chi connectivity index (χ3n) is 3.81. The predicted molar refractivity (Wildman–Crippen MR) is 131 cm³/mol. The lowest BCUT2D eigenvalue weighted by atomic mass is 10.4. The quantitative estimate of drug-likeness (QED) is 0.445. The maximum absolute atomic E-state index is 11.6. The van der Waals surface area contributed by atoms with Gasteiger partial charge < -0.3 is 34.8 Å². The number of aromatic nitrogens is 4. The van der Waals surface area contributed by atoms with Gasteiger partial charge in [0.05, 0.1) is 38.4 Å². The van der Waals surface area contributed by atoms with E-state index in [2.05, 4.69) is 24.8 Å². The van der Waals surface area contributed by atoms with Crippen LogP contribution in [0, 0.1) is 13.8 Å². The maximum atomic E-state index is 11.6. The first-order chi connectivity index (χ1) is 15.5. The lowest BCUT2D eigenvalue weighted by Gasteiger charge is -2.03. The molecular weight excluding hydrogens is 484 g/mol. The van der Waals surface area contributed by atoms with Crippen molar-refractivity contribution >= 4 is 36.2 Å². The number of carboxylic acids is 1. The van der Waals surface area contributed by atoms with Crippen LogP contribution in [0.5, 0.6) is 0 Å². The molecule has 2 aromatic rings. The molecule has 200 valence electrons. The number of esters is 2. The molecule has 2 rings (SSSR count). The van der Waals surface area contributed by atoms with Gasteiger partial charge in [0.25, 0.3) is 5.91 Å². The van der Waals surface area contributed by atoms with Crippen LogP contribution in [-0.4, -0.2) is 75.3 Å². The van der Waals surface area contributed by atoms with Gasteiger partial charge in [-0.05, 0) is 13.8 Å². The van der Waals surface area contributed by atoms with Crippen molar-refractivity contribution in [2.75, 3.05) is 27.3 Å². The maximum Gasteiger partial charge on any atom is 0.372 e. The van der Waals surface area contributed by atoms with Crippen molar-refractivity contribution < 1.29 is 33.8 Å². The van der Waals surface area contributed by atoms with E-state index in [1.54, 1.807) is 38.0 Å². The molecule has 0 atom stereocenters. The molecular formula is C21H37ClN6O7. The molecule has 0 bridgehead atoms. The number of imidazole rings is 2. The van der Waals surface area contributed by atoms with Crippen LogP contribution < -0.4 is 11.1 Å². The second-order valence-electron chi connectivity index (χ2n) is 6.64. The van der Waals surface area contributed by atoms with Crippen molar-refractivity contribution in [3.8, 4) is 0 Å². The number of nitrogens with one attached hydrogen (secondary N) is 1. The van der Waals surface area contributed by atoms with E-state index in [4.69, 9.17) is 10.8 Å². The van der Waals surface area contributed by atoms with Crippen molar-refractivity contribution in [1.82, 2.24) is 24.4 Å². The summed E-state index contributed by atoms with van der Waals surface area (Å²) in [6, 6.07) is 0. The van der Waals surface area contributed by atoms with Crippen LogP contribution in [0.15, 0.2) is 12.4 Å². The van der Waals surface area contributed by atoms with Crippen LogP contribution in [0.1, 0.15) is 52.9 Å². The van der Waals surface area contributed by atoms with Gasteiger partial charge in [-0.25, -0.2) is 14.8 Å². The highest BCUT2D eigenvalue weighted by atomic mass is 35.5. The zero-order chi connectivity index (χ0) is 25.6. The summed E-state index contributed by atoms with van der Waals surface area (Å²) in [4.78, 5) is 50.7. The summed E-state index contributed by atoms with van der Waals surface area (Å²) in [5, 5.41) is 11.1. The number of ether oxygens (including phenoxy) is 2. The molecule has 0 aliphatic heterocycles. The van der Waals surface area contributed by atoms with E-state index in [1.807, 2.05) is 6.92 Å². The molecule has 0 unspecified atom stereocenters. The molecule has 0 aromatic carbocycles. The van der Waals surface area contributed by atoms with Gasteiger partial charge in [0.15, 0.2) is 5.82 Å². The number of aryl methyl sites for hydroxylation is 4. The summed E-state index contributed by atoms with van der Waals surface area (Å²) in [6.07, 6.45) is 3.90. The number of methoxy groups -OCH3 is 2. The summed E-state index contributed by atoms with van der Waals surface area (Å²) >= 11 is 0. The minimum atomic E-state index is -0.990. The number of hydrogen-bond donors (Lipinski definition) is 3. The first-order valence-electron chi connectivity index (χ1n) is 9.81. The molecule has 0 fully saturated rings. The monoisotopic (exact) mass is 520 g/mol. The molecule has 35 heavy (non-hydrogen) atoms. The van der Waals surface area contributed by atoms with Gasteiger partial charge in [0, 0.05) is 39.6 Å². The summed E-state index contributed by atoms with van der Waals surface area (Å²) in [5.41, 5.74) is 6.50. The van der Waals surface area contributed by atoms with Crippen LogP contribution in [0.2, 0.25) is 0 Å². The number of nitrogens with zero attached hydrogens (tertiary/aromatic N) is 4. The van der Waals surface area contributed by atoms with Gasteiger partial charge in [-0.3, -0.25) is 14.4 Å². The smallest absolute Gasteiger partial charge is 0.372 e. The molecule has 1 amide bonds. The summed E-state index contributed by atoms with van der Waals surface area (Å²) in [6.45, 7) is 4.18. The lowest BCUT2D eigenvalue weighted by molar-refractivity contribution is -0.141. The largest absolute Gasteiger partial charge is 0.475 e. The zero-order valence-electron chi connectivity index (χ0n) is 20.2. The molecule has 0 radical (unpaired) electrons. The van der Waals surface area contributed by atoms with Gasteiger partial charge >= 0.3 is 17.9 Å². The Balaban J connectivity index is -0.000000466. The first kappa shape index (κ1) is 36.1. The summed E-state index contributed by atoms with van der Waals surface area (Å²) < 4.78 is 11.9. The summed E-state index contributed by atoms with van der Waals surface area (Å²) in [5.74, 6) is -1.46. The van der Waals surface area contributed by atoms with Crippen LogP contribution in [0.4, 0.5) is 0 Å². The number of hydrogen-bond acceptors (Lipinski definition) is 9. The molecule has 0 saturated heterocycles. The van der Waals surface area contributed by atoms with Crippen LogP contribution in [0.3, 0.4) is 0 Å². The number of carbonyl (C=O) groups excluding carboxylic acids is 3. The Bertz CT molecular complexity index is 943. The SMILES string of the molecule is C.COC(=O)CCN.COC(=O)CCNC(=O)c1nc(C)cn1C.Cc1cn(C)c(C(=O)O)n1.Cl. The number of rotatable bonds is 7. The van der Waals surface area contributed by atoms with Crippen molar-refractivity contribution in [2.24, 2.45) is 19.8 Å². The van der Waals surface area contributed by atoms with E-state index >= 15 is 0 Å². The Morgan fingerprint density at radius 3 is 1.66 bits per heavy atom. The van der Waals surface area contributed by atoms with E-state index in [-0.39, 0.29) is 56.5 Å². The van der Waals surface area contributed by atoms with E-state index < -0.39 is 5.97 Å². The molecule has 0 saturated carbocycles. The third kappa shape index (κ3) is 14.4. The molecule has 4 N–H and O–H groups in total. The van der Waals surface area contributed by atoms with E-state index in [1.165, 1.54) is 18.8 Å². The topological polar surface area (TPSA) is 181 Å². The molecule has 13 nitrogen and oxygen atoms in total. The molecule has 14 heteroatoms. The number of nitrogens with two attached hydrogens (primary N) is 1. The number of carboxylic acid groups (broad SMARTS) is 1. The number of halogens is 1. The Labute approximate surface area is 211 Å². The van der Waals surface area contributed by atoms with Crippen molar-refractivity contribution in [3.05, 3.63) is 35.4 Å². The van der Waals surface area contributed by atoms with E-state index in [0.717, 1.165) is 11.4 Å². The van der Waals surface area contributed by atoms with Crippen molar-refractivity contribution in [2.45, 2.75) is 34.1 Å². The number of carbonyl (C=O) groups is 4. The van der Waals surface area contributed by atoms with Crippen LogP contribution >= 0.6 is 12.4 Å². The van der Waals surface area contributed by atoms with E-state index in [9.17, 15) is 19.2 Å². The number of aromatic carboxylic acids is 1. The zero-order valence-corrected chi connectivity index (χ0v) is 21.0. The Kier molecular flexibility index (Phi) is 19.5. The average molecular weight is 521 g/mol. The van der Waals surface area contributed by atoms with Gasteiger partial charge in [0.2, 0.25) is 5.82 Å². The highest BCUT2D eigenvalue weighted by Gasteiger charge is 2.12. The van der Waals surface area contributed by atoms with Gasteiger partial charge in [0.1, 0.15) is 0 Å². The average Bonchev–Trinajstić information content (AvgIpc) is 3.28. The van der Waals surface area contributed by atoms with Crippen LogP contribution in [0.25, 0.3) is 0 Å². The third-order valence-corrected chi connectivity index (χ3v) is 3.81. The fraction of sp³-hybridized carbons (Fsp3) is 0.524. The molecule has 2 heterocycles. The first-order valence-corrected chi connectivity index (χ1v) is 9.81. The minimum absolute atomic E-state index is 0. The highest BCUT2D eigenvalue weighted by Crippen LogP contribution is 2.00. The second-order valence-corrected chi connectivity index (χ2v) is 6.64. The Hall–Kier alpha value is -3.45. The van der Waals surface area contributed by atoms with Gasteiger partial charge in [-0.15, -0.1) is 12.4 Å². The second kappa shape index (κ2) is 18.9. The molecule has 2 aromatic heterocycles. The van der Waals surface area contributed by atoms with Gasteiger partial charge in [-0.2, -0.15) is 0 Å². The van der Waals surface area contributed by atoms with Gasteiger partial charge in [-0.1, -0.05) is 7.43 Å². The Morgan fingerprint density at radius 2 is 1.37 bits per heavy atom. The molecule has 0 aliphatic carbocycles. The fourth-order valence-electron chi connectivity index (χ4n) is 2.32. The molecule has 0 aliphatic rings. The van der Waals surface area contributed by atoms with E-state index in [0.29, 0.717) is 18.8 Å². The van der Waals surface area contributed by atoms with Crippen molar-refractivity contribution in [3.63, 3.8) is 0 Å². The highest BCUT2D eigenvalue weighted by molar-refractivity contribution is 5.91. The number of amides is 1. The lowest BCUT2D eigenvalue weighted by Crippen LogP contribution is -2.28. The summed E-state index contributed by atoms with van der Waals surface area (Å²) in [7, 11) is 6.06.